The fourth-order valence-corrected chi connectivity index (χ4v) is 2.85. The fraction of sp³-hybridized carbons (Fsp3) is 0.500. The molecular weight excluding hydrogens is 268 g/mol. The summed E-state index contributed by atoms with van der Waals surface area (Å²) in [5.41, 5.74) is 6.28. The third-order valence-electron chi connectivity index (χ3n) is 4.13. The highest BCUT2D eigenvalue weighted by Crippen LogP contribution is 2.28. The molecule has 0 radical (unpaired) electrons. The predicted molar refractivity (Wildman–Crippen MR) is 79.2 cm³/mol. The molecule has 1 aliphatic carbocycles. The van der Waals surface area contributed by atoms with Gasteiger partial charge < -0.3 is 16.2 Å². The van der Waals surface area contributed by atoms with Crippen LogP contribution in [-0.2, 0) is 22.6 Å². The third-order valence-corrected chi connectivity index (χ3v) is 4.13. The maximum absolute atomic E-state index is 12.2. The standard InChI is InChI=1S/C16H22N2O3/c17-15(21)16(8-2-1-3-9-16)18-14(20)10-12-4-6-13(11-19)7-5-12/h4-7,19H,1-3,8-11H2,(H2,17,21)(H,18,20). The molecule has 1 fully saturated rings. The molecule has 1 aromatic carbocycles. The minimum absolute atomic E-state index is 0.0166. The molecule has 0 spiro atoms. The van der Waals surface area contributed by atoms with Crippen LogP contribution in [0, 0.1) is 0 Å². The van der Waals surface area contributed by atoms with Gasteiger partial charge in [-0.15, -0.1) is 0 Å². The summed E-state index contributed by atoms with van der Waals surface area (Å²) in [4.78, 5) is 23.9. The molecule has 5 nitrogen and oxygen atoms in total. The summed E-state index contributed by atoms with van der Waals surface area (Å²) >= 11 is 0. The van der Waals surface area contributed by atoms with E-state index in [0.29, 0.717) is 12.8 Å². The fourth-order valence-electron chi connectivity index (χ4n) is 2.85. The number of benzene rings is 1. The lowest BCUT2D eigenvalue weighted by Gasteiger charge is -2.35. The Kier molecular flexibility index (Phi) is 4.96. The first-order valence-corrected chi connectivity index (χ1v) is 7.35. The molecule has 0 saturated heterocycles. The van der Waals surface area contributed by atoms with Crippen LogP contribution in [0.1, 0.15) is 43.2 Å². The van der Waals surface area contributed by atoms with Crippen LogP contribution in [0.3, 0.4) is 0 Å². The van der Waals surface area contributed by atoms with Gasteiger partial charge in [-0.2, -0.15) is 0 Å². The molecule has 1 aromatic rings. The predicted octanol–water partition coefficient (Wildman–Crippen LogP) is 1.03. The molecule has 0 aliphatic heterocycles. The van der Waals surface area contributed by atoms with Gasteiger partial charge in [0.15, 0.2) is 0 Å². The number of nitrogens with one attached hydrogen (secondary N) is 1. The van der Waals surface area contributed by atoms with E-state index < -0.39 is 11.4 Å². The number of hydrogen-bond acceptors (Lipinski definition) is 3. The van der Waals surface area contributed by atoms with Crippen molar-refractivity contribution in [1.82, 2.24) is 5.32 Å². The van der Waals surface area contributed by atoms with E-state index >= 15 is 0 Å². The first-order chi connectivity index (χ1) is 10.1. The second-order valence-electron chi connectivity index (χ2n) is 5.71. The molecule has 4 N–H and O–H groups in total. The van der Waals surface area contributed by atoms with Crippen molar-refractivity contribution in [2.24, 2.45) is 5.73 Å². The number of aliphatic hydroxyl groups is 1. The smallest absolute Gasteiger partial charge is 0.243 e. The quantitative estimate of drug-likeness (QED) is 0.756. The summed E-state index contributed by atoms with van der Waals surface area (Å²) in [6.07, 6.45) is 4.35. The number of primary amides is 1. The van der Waals surface area contributed by atoms with Crippen molar-refractivity contribution in [2.75, 3.05) is 0 Å². The molecular formula is C16H22N2O3. The first kappa shape index (κ1) is 15.5. The van der Waals surface area contributed by atoms with Crippen LogP contribution in [0.15, 0.2) is 24.3 Å². The molecule has 0 atom stereocenters. The van der Waals surface area contributed by atoms with Crippen LogP contribution in [0.4, 0.5) is 0 Å². The topological polar surface area (TPSA) is 92.4 Å². The van der Waals surface area contributed by atoms with Gasteiger partial charge in [0, 0.05) is 0 Å². The Balaban J connectivity index is 2.00. The summed E-state index contributed by atoms with van der Waals surface area (Å²) in [5, 5.41) is 11.8. The van der Waals surface area contributed by atoms with E-state index in [1.807, 2.05) is 12.1 Å². The van der Waals surface area contributed by atoms with Gasteiger partial charge in [0.1, 0.15) is 5.54 Å². The van der Waals surface area contributed by atoms with E-state index in [1.54, 1.807) is 12.1 Å². The van der Waals surface area contributed by atoms with Crippen LogP contribution in [0.2, 0.25) is 0 Å². The van der Waals surface area contributed by atoms with Crippen LogP contribution < -0.4 is 11.1 Å². The molecule has 0 bridgehead atoms. The van der Waals surface area contributed by atoms with Crippen molar-refractivity contribution < 1.29 is 14.7 Å². The number of carbonyl (C=O) groups excluding carboxylic acids is 2. The molecule has 1 saturated carbocycles. The van der Waals surface area contributed by atoms with E-state index in [1.165, 1.54) is 0 Å². The molecule has 0 heterocycles. The van der Waals surface area contributed by atoms with Crippen LogP contribution in [0.25, 0.3) is 0 Å². The van der Waals surface area contributed by atoms with Crippen molar-refractivity contribution in [2.45, 2.75) is 50.7 Å². The van der Waals surface area contributed by atoms with Crippen LogP contribution in [-0.4, -0.2) is 22.5 Å². The van der Waals surface area contributed by atoms with Crippen LogP contribution in [0.5, 0.6) is 0 Å². The van der Waals surface area contributed by atoms with Crippen molar-refractivity contribution in [3.63, 3.8) is 0 Å². The maximum atomic E-state index is 12.2. The van der Waals surface area contributed by atoms with Gasteiger partial charge in [-0.25, -0.2) is 0 Å². The van der Waals surface area contributed by atoms with Crippen LogP contribution >= 0.6 is 0 Å². The Hall–Kier alpha value is -1.88. The lowest BCUT2D eigenvalue weighted by Crippen LogP contribution is -2.58. The third kappa shape index (κ3) is 3.82. The van der Waals surface area contributed by atoms with Gasteiger partial charge >= 0.3 is 0 Å². The largest absolute Gasteiger partial charge is 0.392 e. The Morgan fingerprint density at radius 3 is 2.19 bits per heavy atom. The summed E-state index contributed by atoms with van der Waals surface area (Å²) in [6.45, 7) is -0.0166. The molecule has 21 heavy (non-hydrogen) atoms. The summed E-state index contributed by atoms with van der Waals surface area (Å²) in [6, 6.07) is 7.19. The molecule has 0 aromatic heterocycles. The maximum Gasteiger partial charge on any atom is 0.243 e. The van der Waals surface area contributed by atoms with E-state index in [4.69, 9.17) is 10.8 Å². The van der Waals surface area contributed by atoms with E-state index in [9.17, 15) is 9.59 Å². The highest BCUT2D eigenvalue weighted by Gasteiger charge is 2.38. The van der Waals surface area contributed by atoms with Gasteiger partial charge in [-0.1, -0.05) is 43.5 Å². The lowest BCUT2D eigenvalue weighted by molar-refractivity contribution is -0.132. The zero-order chi connectivity index (χ0) is 15.3. The minimum Gasteiger partial charge on any atom is -0.392 e. The number of aliphatic hydroxyl groups excluding tert-OH is 1. The minimum atomic E-state index is -0.875. The second kappa shape index (κ2) is 6.72. The first-order valence-electron chi connectivity index (χ1n) is 7.35. The highest BCUT2D eigenvalue weighted by atomic mass is 16.3. The molecule has 5 heteroatoms. The van der Waals surface area contributed by atoms with E-state index in [0.717, 1.165) is 30.4 Å². The average Bonchev–Trinajstić information content (AvgIpc) is 2.48. The molecule has 0 unspecified atom stereocenters. The van der Waals surface area contributed by atoms with Crippen molar-refractivity contribution in [1.29, 1.82) is 0 Å². The lowest BCUT2D eigenvalue weighted by atomic mass is 9.81. The normalized spacial score (nSPS) is 17.2. The Labute approximate surface area is 124 Å². The van der Waals surface area contributed by atoms with Gasteiger partial charge in [0.2, 0.25) is 11.8 Å². The number of rotatable bonds is 5. The second-order valence-corrected chi connectivity index (χ2v) is 5.71. The number of carbonyl (C=O) groups is 2. The molecule has 2 amide bonds. The Morgan fingerprint density at radius 2 is 1.67 bits per heavy atom. The number of nitrogens with two attached hydrogens (primary N) is 1. The van der Waals surface area contributed by atoms with E-state index in [-0.39, 0.29) is 18.9 Å². The Bertz CT molecular complexity index is 505. The summed E-state index contributed by atoms with van der Waals surface area (Å²) < 4.78 is 0. The summed E-state index contributed by atoms with van der Waals surface area (Å²) in [5.74, 6) is -0.626. The summed E-state index contributed by atoms with van der Waals surface area (Å²) in [7, 11) is 0. The zero-order valence-corrected chi connectivity index (χ0v) is 12.1. The monoisotopic (exact) mass is 290 g/mol. The van der Waals surface area contributed by atoms with Gasteiger partial charge in [0.25, 0.3) is 0 Å². The molecule has 2 rings (SSSR count). The Morgan fingerprint density at radius 1 is 1.10 bits per heavy atom. The van der Waals surface area contributed by atoms with Gasteiger partial charge in [-0.3, -0.25) is 9.59 Å². The van der Waals surface area contributed by atoms with Crippen molar-refractivity contribution in [3.8, 4) is 0 Å². The number of amides is 2. The van der Waals surface area contributed by atoms with E-state index in [2.05, 4.69) is 5.32 Å². The van der Waals surface area contributed by atoms with Gasteiger partial charge in [0.05, 0.1) is 13.0 Å². The molecule has 114 valence electrons. The van der Waals surface area contributed by atoms with Crippen molar-refractivity contribution in [3.05, 3.63) is 35.4 Å². The highest BCUT2D eigenvalue weighted by molar-refractivity contribution is 5.91. The molecule has 1 aliphatic rings. The van der Waals surface area contributed by atoms with Crippen molar-refractivity contribution >= 4 is 11.8 Å². The SMILES string of the molecule is NC(=O)C1(NC(=O)Cc2ccc(CO)cc2)CCCCC1. The number of hydrogen-bond donors (Lipinski definition) is 3. The zero-order valence-electron chi connectivity index (χ0n) is 12.1. The average molecular weight is 290 g/mol. The van der Waals surface area contributed by atoms with Gasteiger partial charge in [-0.05, 0) is 24.0 Å².